The van der Waals surface area contributed by atoms with Crippen LogP contribution in [0, 0.1) is 17.0 Å². The average molecular weight is 313 g/mol. The van der Waals surface area contributed by atoms with Gasteiger partial charge in [0.2, 0.25) is 0 Å². The summed E-state index contributed by atoms with van der Waals surface area (Å²) in [5.74, 6) is -0.361. The number of hydrogen-bond donors (Lipinski definition) is 2. The van der Waals surface area contributed by atoms with E-state index in [1.165, 1.54) is 18.2 Å². The number of Topliss-reactive ketones (excluding diaryl/α,β-unsaturated/α-hetero) is 1. The molecule has 1 aliphatic rings. The lowest BCUT2D eigenvalue weighted by Gasteiger charge is -2.09. The molecule has 1 heterocycles. The Balaban J connectivity index is 1.88. The fraction of sp³-hybridized carbons (Fsp3) is 0.250. The third-order valence-corrected chi connectivity index (χ3v) is 3.98. The Morgan fingerprint density at radius 3 is 2.83 bits per heavy atom. The topological polar surface area (TPSA) is 105 Å². The highest BCUT2D eigenvalue weighted by molar-refractivity contribution is 6.08. The van der Waals surface area contributed by atoms with E-state index in [2.05, 4.69) is 10.3 Å². The lowest BCUT2D eigenvalue weighted by atomic mass is 9.94. The van der Waals surface area contributed by atoms with Gasteiger partial charge in [0.15, 0.2) is 5.78 Å². The Kier molecular flexibility index (Phi) is 3.69. The quantitative estimate of drug-likeness (QED) is 0.671. The Morgan fingerprint density at radius 1 is 1.35 bits per heavy atom. The van der Waals surface area contributed by atoms with Crippen molar-refractivity contribution in [1.29, 1.82) is 0 Å². The Bertz CT molecular complexity index is 823. The molecule has 0 unspecified atom stereocenters. The lowest BCUT2D eigenvalue weighted by molar-refractivity contribution is -0.384. The molecule has 0 saturated heterocycles. The standard InChI is InChI=1S/C16H15N3O4/c1-9-14-12(6-3-7-13(14)20)18-15(9)16(21)17-10-4-2-5-11(8-10)19(22)23/h2,4-5,8,18H,3,6-7H2,1H3,(H,17,21). The van der Waals surface area contributed by atoms with Crippen molar-refractivity contribution in [3.8, 4) is 0 Å². The smallest absolute Gasteiger partial charge is 0.272 e. The van der Waals surface area contributed by atoms with E-state index in [1.807, 2.05) is 0 Å². The molecule has 23 heavy (non-hydrogen) atoms. The first-order valence-electron chi connectivity index (χ1n) is 7.28. The van der Waals surface area contributed by atoms with Crippen LogP contribution in [0.25, 0.3) is 0 Å². The zero-order valence-corrected chi connectivity index (χ0v) is 12.5. The van der Waals surface area contributed by atoms with Crippen LogP contribution in [0.2, 0.25) is 0 Å². The van der Waals surface area contributed by atoms with Crippen LogP contribution in [-0.2, 0) is 6.42 Å². The number of aromatic amines is 1. The van der Waals surface area contributed by atoms with E-state index < -0.39 is 10.8 Å². The van der Waals surface area contributed by atoms with Gasteiger partial charge in [0.05, 0.1) is 4.92 Å². The molecule has 0 spiro atoms. The zero-order valence-electron chi connectivity index (χ0n) is 12.5. The van der Waals surface area contributed by atoms with Gasteiger partial charge in [-0.1, -0.05) is 6.07 Å². The van der Waals surface area contributed by atoms with Crippen molar-refractivity contribution in [3.05, 3.63) is 56.9 Å². The number of aryl methyl sites for hydroxylation is 1. The van der Waals surface area contributed by atoms with Gasteiger partial charge in [0.25, 0.3) is 11.6 Å². The van der Waals surface area contributed by atoms with Gasteiger partial charge in [0.1, 0.15) is 5.69 Å². The fourth-order valence-corrected chi connectivity index (χ4v) is 2.89. The number of nitro groups is 1. The number of carbonyl (C=O) groups is 2. The maximum atomic E-state index is 12.4. The summed E-state index contributed by atoms with van der Waals surface area (Å²) < 4.78 is 0. The first-order valence-corrected chi connectivity index (χ1v) is 7.28. The second-order valence-corrected chi connectivity index (χ2v) is 5.52. The summed E-state index contributed by atoms with van der Waals surface area (Å²) in [5, 5.41) is 13.4. The molecule has 0 fully saturated rings. The van der Waals surface area contributed by atoms with Crippen LogP contribution in [0.15, 0.2) is 24.3 Å². The highest BCUT2D eigenvalue weighted by atomic mass is 16.6. The summed E-state index contributed by atoms with van der Waals surface area (Å²) in [7, 11) is 0. The second kappa shape index (κ2) is 5.68. The molecule has 0 saturated carbocycles. The number of carbonyl (C=O) groups excluding carboxylic acids is 2. The molecular formula is C16H15N3O4. The van der Waals surface area contributed by atoms with Crippen LogP contribution in [0.4, 0.5) is 11.4 Å². The minimum Gasteiger partial charge on any atom is -0.354 e. The highest BCUT2D eigenvalue weighted by Crippen LogP contribution is 2.27. The molecule has 0 radical (unpaired) electrons. The molecule has 2 N–H and O–H groups in total. The number of nitrogens with zero attached hydrogens (tertiary/aromatic N) is 1. The Labute approximate surface area is 131 Å². The number of rotatable bonds is 3. The summed E-state index contributed by atoms with van der Waals surface area (Å²) >= 11 is 0. The molecule has 2 aromatic rings. The molecule has 1 aliphatic carbocycles. The summed E-state index contributed by atoms with van der Waals surface area (Å²) in [6.45, 7) is 1.74. The monoisotopic (exact) mass is 313 g/mol. The van der Waals surface area contributed by atoms with Crippen molar-refractivity contribution in [3.63, 3.8) is 0 Å². The van der Waals surface area contributed by atoms with E-state index in [0.29, 0.717) is 28.9 Å². The van der Waals surface area contributed by atoms with Gasteiger partial charge in [-0.2, -0.15) is 0 Å². The first kappa shape index (κ1) is 15.0. The van der Waals surface area contributed by atoms with E-state index in [-0.39, 0.29) is 11.5 Å². The van der Waals surface area contributed by atoms with Crippen LogP contribution in [0.3, 0.4) is 0 Å². The maximum absolute atomic E-state index is 12.4. The predicted molar refractivity (Wildman–Crippen MR) is 83.8 cm³/mol. The summed E-state index contributed by atoms with van der Waals surface area (Å²) in [6, 6.07) is 5.73. The largest absolute Gasteiger partial charge is 0.354 e. The van der Waals surface area contributed by atoms with E-state index in [4.69, 9.17) is 0 Å². The molecular weight excluding hydrogens is 298 g/mol. The van der Waals surface area contributed by atoms with Crippen molar-refractivity contribution in [2.75, 3.05) is 5.32 Å². The van der Waals surface area contributed by atoms with Crippen molar-refractivity contribution in [2.45, 2.75) is 26.2 Å². The SMILES string of the molecule is Cc1c(C(=O)Nc2cccc([N+](=O)[O-])c2)[nH]c2c1C(=O)CCC2. The Hall–Kier alpha value is -2.96. The van der Waals surface area contributed by atoms with Gasteiger partial charge < -0.3 is 10.3 Å². The number of benzene rings is 1. The third-order valence-electron chi connectivity index (χ3n) is 3.98. The number of hydrogen-bond acceptors (Lipinski definition) is 4. The molecule has 0 atom stereocenters. The number of H-pyrrole nitrogens is 1. The minimum absolute atomic E-state index is 0.0504. The average Bonchev–Trinajstić information content (AvgIpc) is 2.86. The van der Waals surface area contributed by atoms with E-state index in [0.717, 1.165) is 18.5 Å². The van der Waals surface area contributed by atoms with E-state index in [1.54, 1.807) is 13.0 Å². The van der Waals surface area contributed by atoms with Crippen molar-refractivity contribution in [1.82, 2.24) is 4.98 Å². The van der Waals surface area contributed by atoms with Crippen molar-refractivity contribution in [2.24, 2.45) is 0 Å². The van der Waals surface area contributed by atoms with Gasteiger partial charge in [-0.25, -0.2) is 0 Å². The van der Waals surface area contributed by atoms with Crippen LogP contribution in [0.1, 0.15) is 44.9 Å². The molecule has 1 amide bonds. The minimum atomic E-state index is -0.521. The second-order valence-electron chi connectivity index (χ2n) is 5.52. The molecule has 3 rings (SSSR count). The number of nitrogens with one attached hydrogen (secondary N) is 2. The van der Waals surface area contributed by atoms with Crippen LogP contribution in [0.5, 0.6) is 0 Å². The maximum Gasteiger partial charge on any atom is 0.272 e. The van der Waals surface area contributed by atoms with E-state index >= 15 is 0 Å². The molecule has 0 aliphatic heterocycles. The number of amides is 1. The molecule has 118 valence electrons. The molecule has 1 aromatic heterocycles. The number of aromatic nitrogens is 1. The molecule has 7 nitrogen and oxygen atoms in total. The number of fused-ring (bicyclic) bond motifs is 1. The molecule has 0 bridgehead atoms. The van der Waals surface area contributed by atoms with Crippen LogP contribution >= 0.6 is 0 Å². The lowest BCUT2D eigenvalue weighted by Crippen LogP contribution is -2.14. The summed E-state index contributed by atoms with van der Waals surface area (Å²) in [6.07, 6.45) is 2.02. The van der Waals surface area contributed by atoms with Crippen LogP contribution in [-0.4, -0.2) is 21.6 Å². The van der Waals surface area contributed by atoms with Gasteiger partial charge in [0, 0.05) is 35.5 Å². The van der Waals surface area contributed by atoms with Crippen molar-refractivity contribution >= 4 is 23.1 Å². The van der Waals surface area contributed by atoms with Gasteiger partial charge in [-0.15, -0.1) is 0 Å². The number of non-ortho nitro benzene ring substituents is 1. The number of anilines is 1. The molecule has 7 heteroatoms. The van der Waals surface area contributed by atoms with E-state index in [9.17, 15) is 19.7 Å². The Morgan fingerprint density at radius 2 is 2.13 bits per heavy atom. The predicted octanol–water partition coefficient (Wildman–Crippen LogP) is 3.00. The van der Waals surface area contributed by atoms with Crippen molar-refractivity contribution < 1.29 is 14.5 Å². The van der Waals surface area contributed by atoms with Gasteiger partial charge in [-0.3, -0.25) is 19.7 Å². The first-order chi connectivity index (χ1) is 11.0. The summed E-state index contributed by atoms with van der Waals surface area (Å²) in [4.78, 5) is 37.7. The fourth-order valence-electron chi connectivity index (χ4n) is 2.89. The number of ketones is 1. The molecule has 1 aromatic carbocycles. The van der Waals surface area contributed by atoms with Gasteiger partial charge >= 0.3 is 0 Å². The number of nitro benzene ring substituents is 1. The van der Waals surface area contributed by atoms with Crippen LogP contribution < -0.4 is 5.32 Å². The third kappa shape index (κ3) is 2.73. The summed E-state index contributed by atoms with van der Waals surface area (Å²) in [5.41, 5.74) is 2.61. The normalized spacial score (nSPS) is 13.5. The van der Waals surface area contributed by atoms with Gasteiger partial charge in [-0.05, 0) is 31.4 Å². The zero-order chi connectivity index (χ0) is 16.6. The highest BCUT2D eigenvalue weighted by Gasteiger charge is 2.26.